The Morgan fingerprint density at radius 3 is 2.75 bits per heavy atom. The van der Waals surface area contributed by atoms with Gasteiger partial charge in [-0.3, -0.25) is 0 Å². The highest BCUT2D eigenvalue weighted by Gasteiger charge is 2.26. The Hall–Kier alpha value is -1.10. The molecule has 0 fully saturated rings. The van der Waals surface area contributed by atoms with E-state index >= 15 is 0 Å². The molecule has 0 aliphatic carbocycles. The first-order valence-corrected chi connectivity index (χ1v) is 7.79. The standard InChI is InChI=1S/C10H13F2NO5S2/c1-6-5-19-8(10(14)15)9(6)20(16,17)13-2-3-18-4-7(11)12/h5,7,13H,2-4H2,1H3,(H,14,15). The second-order valence-electron chi connectivity index (χ2n) is 3.75. The van der Waals surface area contributed by atoms with Crippen LogP contribution in [0.1, 0.15) is 15.2 Å². The van der Waals surface area contributed by atoms with E-state index in [-0.39, 0.29) is 22.9 Å². The summed E-state index contributed by atoms with van der Waals surface area (Å²) < 4.78 is 54.1. The van der Waals surface area contributed by atoms with Gasteiger partial charge in [-0.25, -0.2) is 26.7 Å². The van der Waals surface area contributed by atoms with Crippen LogP contribution in [-0.2, 0) is 14.8 Å². The second kappa shape index (κ2) is 7.07. The van der Waals surface area contributed by atoms with Gasteiger partial charge in [0.2, 0.25) is 10.0 Å². The Kier molecular flexibility index (Phi) is 5.99. The summed E-state index contributed by atoms with van der Waals surface area (Å²) in [6.07, 6.45) is -2.62. The van der Waals surface area contributed by atoms with Crippen molar-refractivity contribution >= 4 is 27.3 Å². The van der Waals surface area contributed by atoms with Crippen LogP contribution in [0.5, 0.6) is 0 Å². The number of aryl methyl sites for hydroxylation is 1. The fraction of sp³-hybridized carbons (Fsp3) is 0.500. The zero-order chi connectivity index (χ0) is 15.3. The predicted molar refractivity (Wildman–Crippen MR) is 68.0 cm³/mol. The van der Waals surface area contributed by atoms with E-state index in [0.29, 0.717) is 5.56 Å². The van der Waals surface area contributed by atoms with Crippen LogP contribution in [0.2, 0.25) is 0 Å². The van der Waals surface area contributed by atoms with Gasteiger partial charge in [-0.15, -0.1) is 11.3 Å². The Bertz CT molecular complexity index is 570. The van der Waals surface area contributed by atoms with Crippen molar-refractivity contribution < 1.29 is 31.8 Å². The minimum atomic E-state index is -4.01. The quantitative estimate of drug-likeness (QED) is 0.702. The number of thiophene rings is 1. The Labute approximate surface area is 118 Å². The van der Waals surface area contributed by atoms with Crippen molar-refractivity contribution in [1.82, 2.24) is 4.72 Å². The number of rotatable bonds is 8. The number of carbonyl (C=O) groups is 1. The molecule has 1 aromatic rings. The maximum atomic E-state index is 12.0. The number of nitrogens with one attached hydrogen (secondary N) is 1. The third-order valence-electron chi connectivity index (χ3n) is 2.16. The zero-order valence-electron chi connectivity index (χ0n) is 10.4. The van der Waals surface area contributed by atoms with Crippen LogP contribution >= 0.6 is 11.3 Å². The molecule has 0 aliphatic rings. The van der Waals surface area contributed by atoms with Crippen LogP contribution in [-0.4, -0.2) is 45.7 Å². The molecule has 0 saturated carbocycles. The largest absolute Gasteiger partial charge is 0.477 e. The Balaban J connectivity index is 2.70. The van der Waals surface area contributed by atoms with Gasteiger partial charge in [-0.2, -0.15) is 0 Å². The van der Waals surface area contributed by atoms with E-state index < -0.39 is 29.0 Å². The number of halogens is 2. The van der Waals surface area contributed by atoms with Gasteiger partial charge < -0.3 is 9.84 Å². The van der Waals surface area contributed by atoms with Gasteiger partial charge in [-0.05, 0) is 17.9 Å². The first kappa shape index (κ1) is 17.0. The first-order valence-electron chi connectivity index (χ1n) is 5.42. The van der Waals surface area contributed by atoms with Crippen molar-refractivity contribution in [2.75, 3.05) is 19.8 Å². The van der Waals surface area contributed by atoms with Crippen LogP contribution in [0, 0.1) is 6.92 Å². The molecule has 0 spiro atoms. The molecule has 114 valence electrons. The molecule has 2 N–H and O–H groups in total. The average Bonchev–Trinajstić information content (AvgIpc) is 2.71. The fourth-order valence-electron chi connectivity index (χ4n) is 1.41. The van der Waals surface area contributed by atoms with E-state index in [1.807, 2.05) is 0 Å². The lowest BCUT2D eigenvalue weighted by atomic mass is 10.3. The number of carboxylic acid groups (broad SMARTS) is 1. The fourth-order valence-corrected chi connectivity index (χ4v) is 4.05. The molecule has 1 aromatic heterocycles. The molecular formula is C10H13F2NO5S2. The minimum absolute atomic E-state index is 0.219. The van der Waals surface area contributed by atoms with Gasteiger partial charge in [-0.1, -0.05) is 0 Å². The average molecular weight is 329 g/mol. The van der Waals surface area contributed by atoms with Gasteiger partial charge in [0.25, 0.3) is 6.43 Å². The van der Waals surface area contributed by atoms with E-state index in [4.69, 9.17) is 5.11 Å². The Morgan fingerprint density at radius 2 is 2.20 bits per heavy atom. The molecule has 10 heteroatoms. The summed E-state index contributed by atoms with van der Waals surface area (Å²) in [7, 11) is -4.01. The minimum Gasteiger partial charge on any atom is -0.477 e. The lowest BCUT2D eigenvalue weighted by molar-refractivity contribution is 0.0199. The van der Waals surface area contributed by atoms with Crippen LogP contribution in [0.25, 0.3) is 0 Å². The molecule has 0 unspecified atom stereocenters. The van der Waals surface area contributed by atoms with E-state index in [2.05, 4.69) is 9.46 Å². The summed E-state index contributed by atoms with van der Waals surface area (Å²) in [4.78, 5) is 10.4. The number of hydrogen-bond donors (Lipinski definition) is 2. The monoisotopic (exact) mass is 329 g/mol. The highest BCUT2D eigenvalue weighted by Crippen LogP contribution is 2.26. The third-order valence-corrected chi connectivity index (χ3v) is 5.03. The van der Waals surface area contributed by atoms with Gasteiger partial charge in [0.1, 0.15) is 16.4 Å². The first-order chi connectivity index (χ1) is 9.25. The maximum Gasteiger partial charge on any atom is 0.347 e. The summed E-state index contributed by atoms with van der Waals surface area (Å²) in [5.41, 5.74) is 0.313. The number of carboxylic acids is 1. The van der Waals surface area contributed by atoms with Crippen LogP contribution in [0.4, 0.5) is 8.78 Å². The summed E-state index contributed by atoms with van der Waals surface area (Å²) in [6.45, 7) is 0.253. The van der Waals surface area contributed by atoms with Crippen molar-refractivity contribution in [3.8, 4) is 0 Å². The number of ether oxygens (including phenoxy) is 1. The van der Waals surface area contributed by atoms with Crippen LogP contribution in [0.3, 0.4) is 0 Å². The van der Waals surface area contributed by atoms with E-state index in [0.717, 1.165) is 11.3 Å². The highest BCUT2D eigenvalue weighted by molar-refractivity contribution is 7.89. The molecule has 1 heterocycles. The maximum absolute atomic E-state index is 12.0. The zero-order valence-corrected chi connectivity index (χ0v) is 12.1. The van der Waals surface area contributed by atoms with Crippen molar-refractivity contribution in [2.24, 2.45) is 0 Å². The number of sulfonamides is 1. The van der Waals surface area contributed by atoms with Crippen molar-refractivity contribution in [3.63, 3.8) is 0 Å². The van der Waals surface area contributed by atoms with E-state index in [1.165, 1.54) is 12.3 Å². The molecule has 6 nitrogen and oxygen atoms in total. The van der Waals surface area contributed by atoms with Crippen LogP contribution in [0.15, 0.2) is 10.3 Å². The SMILES string of the molecule is Cc1csc(C(=O)O)c1S(=O)(=O)NCCOCC(F)F. The summed E-state index contributed by atoms with van der Waals surface area (Å²) in [5, 5.41) is 10.3. The molecule has 0 amide bonds. The topological polar surface area (TPSA) is 92.7 Å². The molecular weight excluding hydrogens is 316 g/mol. The second-order valence-corrected chi connectivity index (χ2v) is 6.33. The van der Waals surface area contributed by atoms with Gasteiger partial charge in [0.15, 0.2) is 0 Å². The van der Waals surface area contributed by atoms with Gasteiger partial charge in [0, 0.05) is 6.54 Å². The lowest BCUT2D eigenvalue weighted by Crippen LogP contribution is -2.29. The van der Waals surface area contributed by atoms with E-state index in [9.17, 15) is 22.0 Å². The van der Waals surface area contributed by atoms with Crippen molar-refractivity contribution in [1.29, 1.82) is 0 Å². The molecule has 0 radical (unpaired) electrons. The molecule has 0 aliphatic heterocycles. The molecule has 0 atom stereocenters. The van der Waals surface area contributed by atoms with Crippen molar-refractivity contribution in [2.45, 2.75) is 18.2 Å². The normalized spacial score (nSPS) is 12.0. The summed E-state index contributed by atoms with van der Waals surface area (Å²) in [5.74, 6) is -1.34. The van der Waals surface area contributed by atoms with E-state index in [1.54, 1.807) is 0 Å². The summed E-state index contributed by atoms with van der Waals surface area (Å²) in [6, 6.07) is 0. The Morgan fingerprint density at radius 1 is 1.55 bits per heavy atom. The molecule has 0 aromatic carbocycles. The third kappa shape index (κ3) is 4.47. The van der Waals surface area contributed by atoms with Crippen LogP contribution < -0.4 is 4.72 Å². The predicted octanol–water partition coefficient (Wildman–Crippen LogP) is 1.31. The summed E-state index contributed by atoms with van der Waals surface area (Å²) >= 11 is 0.810. The van der Waals surface area contributed by atoms with Gasteiger partial charge in [0.05, 0.1) is 6.61 Å². The number of aromatic carboxylic acids is 1. The molecule has 20 heavy (non-hydrogen) atoms. The molecule has 0 bridgehead atoms. The smallest absolute Gasteiger partial charge is 0.347 e. The lowest BCUT2D eigenvalue weighted by Gasteiger charge is -2.08. The highest BCUT2D eigenvalue weighted by atomic mass is 32.2. The molecule has 1 rings (SSSR count). The molecule has 0 saturated heterocycles. The van der Waals surface area contributed by atoms with Crippen molar-refractivity contribution in [3.05, 3.63) is 15.8 Å². The van der Waals surface area contributed by atoms with Gasteiger partial charge >= 0.3 is 5.97 Å². The number of hydrogen-bond acceptors (Lipinski definition) is 5. The number of alkyl halides is 2.